The van der Waals surface area contributed by atoms with Gasteiger partial charge in [-0.1, -0.05) is 12.1 Å². The number of esters is 1. The minimum absolute atomic E-state index is 0.00718. The van der Waals surface area contributed by atoms with E-state index in [2.05, 4.69) is 0 Å². The van der Waals surface area contributed by atoms with Crippen molar-refractivity contribution in [2.75, 3.05) is 25.6 Å². The summed E-state index contributed by atoms with van der Waals surface area (Å²) in [6, 6.07) is 9.42. The number of nitrogens with zero attached hydrogens (tertiary/aromatic N) is 2. The molecule has 0 aromatic heterocycles. The summed E-state index contributed by atoms with van der Waals surface area (Å²) < 4.78 is 4.80. The van der Waals surface area contributed by atoms with Crippen LogP contribution in [0.25, 0.3) is 6.08 Å². The molecule has 4 nitrogen and oxygen atoms in total. The van der Waals surface area contributed by atoms with Crippen LogP contribution in [0.4, 0.5) is 5.69 Å². The molecule has 1 aromatic carbocycles. The van der Waals surface area contributed by atoms with Gasteiger partial charge >= 0.3 is 5.97 Å². The summed E-state index contributed by atoms with van der Waals surface area (Å²) in [5, 5.41) is 8.93. The molecule has 1 aromatic rings. The molecule has 0 unspecified atom stereocenters. The standard InChI is InChI=1S/C14H16N2O2/c1-4-18-14(17)12(10-15)8-11-6-5-7-13(9-11)16(2)3/h5-9H,4H2,1-3H3/b12-8+. The van der Waals surface area contributed by atoms with E-state index in [-0.39, 0.29) is 12.2 Å². The maximum absolute atomic E-state index is 11.5. The molecule has 0 heterocycles. The van der Waals surface area contributed by atoms with Gasteiger partial charge in [0.2, 0.25) is 0 Å². The fourth-order valence-corrected chi connectivity index (χ4v) is 1.41. The highest BCUT2D eigenvalue weighted by molar-refractivity contribution is 5.97. The van der Waals surface area contributed by atoms with Crippen molar-refractivity contribution in [1.29, 1.82) is 5.26 Å². The van der Waals surface area contributed by atoms with Gasteiger partial charge in [-0.3, -0.25) is 0 Å². The van der Waals surface area contributed by atoms with Crippen molar-refractivity contribution >= 4 is 17.7 Å². The number of rotatable bonds is 4. The molecule has 0 bridgehead atoms. The Morgan fingerprint density at radius 2 is 2.22 bits per heavy atom. The number of carbonyl (C=O) groups is 1. The summed E-state index contributed by atoms with van der Waals surface area (Å²) in [5.74, 6) is -0.588. The van der Waals surface area contributed by atoms with Crippen molar-refractivity contribution in [1.82, 2.24) is 0 Å². The Kier molecular flexibility index (Phi) is 4.94. The Morgan fingerprint density at radius 3 is 2.78 bits per heavy atom. The van der Waals surface area contributed by atoms with Crippen molar-refractivity contribution in [3.05, 3.63) is 35.4 Å². The topological polar surface area (TPSA) is 53.3 Å². The molecule has 18 heavy (non-hydrogen) atoms. The number of ether oxygens (including phenoxy) is 1. The van der Waals surface area contributed by atoms with Gasteiger partial charge in [0, 0.05) is 19.8 Å². The zero-order valence-electron chi connectivity index (χ0n) is 10.8. The Labute approximate surface area is 107 Å². The van der Waals surface area contributed by atoms with Crippen LogP contribution in [0.3, 0.4) is 0 Å². The molecule has 94 valence electrons. The minimum Gasteiger partial charge on any atom is -0.462 e. The largest absolute Gasteiger partial charge is 0.462 e. The van der Waals surface area contributed by atoms with Crippen molar-refractivity contribution < 1.29 is 9.53 Å². The zero-order valence-corrected chi connectivity index (χ0v) is 10.8. The zero-order chi connectivity index (χ0) is 13.5. The van der Waals surface area contributed by atoms with Gasteiger partial charge in [-0.2, -0.15) is 5.26 Å². The molecule has 0 saturated carbocycles. The van der Waals surface area contributed by atoms with E-state index in [1.165, 1.54) is 6.08 Å². The maximum Gasteiger partial charge on any atom is 0.348 e. The second kappa shape index (κ2) is 6.45. The van der Waals surface area contributed by atoms with Crippen LogP contribution in [-0.2, 0) is 9.53 Å². The Morgan fingerprint density at radius 1 is 1.50 bits per heavy atom. The third-order valence-electron chi connectivity index (χ3n) is 2.31. The monoisotopic (exact) mass is 244 g/mol. The molecule has 0 saturated heterocycles. The quantitative estimate of drug-likeness (QED) is 0.463. The Balaban J connectivity index is 3.03. The molecular formula is C14H16N2O2. The number of benzene rings is 1. The SMILES string of the molecule is CCOC(=O)/C(C#N)=C/c1cccc(N(C)C)c1. The lowest BCUT2D eigenvalue weighted by Gasteiger charge is -2.12. The summed E-state index contributed by atoms with van der Waals surface area (Å²) in [6.45, 7) is 1.97. The smallest absolute Gasteiger partial charge is 0.348 e. The van der Waals surface area contributed by atoms with Gasteiger partial charge in [0.15, 0.2) is 0 Å². The molecule has 0 aliphatic rings. The van der Waals surface area contributed by atoms with Crippen molar-refractivity contribution in [2.24, 2.45) is 0 Å². The average molecular weight is 244 g/mol. The highest BCUT2D eigenvalue weighted by Gasteiger charge is 2.09. The van der Waals surface area contributed by atoms with Gasteiger partial charge in [-0.15, -0.1) is 0 Å². The molecule has 4 heteroatoms. The summed E-state index contributed by atoms with van der Waals surface area (Å²) >= 11 is 0. The summed E-state index contributed by atoms with van der Waals surface area (Å²) in [4.78, 5) is 13.4. The van der Waals surface area contributed by atoms with E-state index in [0.29, 0.717) is 0 Å². The molecule has 0 N–H and O–H groups in total. The predicted molar refractivity (Wildman–Crippen MR) is 71.0 cm³/mol. The minimum atomic E-state index is -0.588. The number of carbonyl (C=O) groups excluding carboxylic acids is 1. The number of nitriles is 1. The van der Waals surface area contributed by atoms with Crippen LogP contribution in [0.2, 0.25) is 0 Å². The number of anilines is 1. The first-order valence-corrected chi connectivity index (χ1v) is 5.64. The Bertz CT molecular complexity index is 499. The molecule has 1 rings (SSSR count). The average Bonchev–Trinajstić information content (AvgIpc) is 2.36. The van der Waals surface area contributed by atoms with Crippen LogP contribution in [0, 0.1) is 11.3 Å². The van der Waals surface area contributed by atoms with E-state index in [1.807, 2.05) is 49.3 Å². The van der Waals surface area contributed by atoms with Crippen molar-refractivity contribution in [2.45, 2.75) is 6.92 Å². The van der Waals surface area contributed by atoms with Gasteiger partial charge in [0.05, 0.1) is 6.61 Å². The lowest BCUT2D eigenvalue weighted by Crippen LogP contribution is -2.08. The molecule has 0 aliphatic carbocycles. The fourth-order valence-electron chi connectivity index (χ4n) is 1.41. The second-order valence-corrected chi connectivity index (χ2v) is 3.88. The molecule has 0 aliphatic heterocycles. The molecule has 0 radical (unpaired) electrons. The van der Waals surface area contributed by atoms with Gasteiger partial charge in [-0.05, 0) is 30.7 Å². The highest BCUT2D eigenvalue weighted by atomic mass is 16.5. The summed E-state index contributed by atoms with van der Waals surface area (Å²) in [5.41, 5.74) is 1.81. The van der Waals surface area contributed by atoms with Gasteiger partial charge in [-0.25, -0.2) is 4.79 Å². The second-order valence-electron chi connectivity index (χ2n) is 3.88. The fraction of sp³-hybridized carbons (Fsp3) is 0.286. The number of hydrogen-bond donors (Lipinski definition) is 0. The normalized spacial score (nSPS) is 10.7. The van der Waals surface area contributed by atoms with Crippen LogP contribution in [0.5, 0.6) is 0 Å². The van der Waals surface area contributed by atoms with E-state index in [1.54, 1.807) is 6.92 Å². The lowest BCUT2D eigenvalue weighted by atomic mass is 10.1. The summed E-state index contributed by atoms with van der Waals surface area (Å²) in [6.07, 6.45) is 1.53. The van der Waals surface area contributed by atoms with Crippen LogP contribution in [-0.4, -0.2) is 26.7 Å². The van der Waals surface area contributed by atoms with E-state index in [9.17, 15) is 4.79 Å². The van der Waals surface area contributed by atoms with Gasteiger partial charge in [0.25, 0.3) is 0 Å². The van der Waals surface area contributed by atoms with Gasteiger partial charge < -0.3 is 9.64 Å². The van der Waals surface area contributed by atoms with E-state index < -0.39 is 5.97 Å². The van der Waals surface area contributed by atoms with Crippen LogP contribution < -0.4 is 4.90 Å². The van der Waals surface area contributed by atoms with E-state index >= 15 is 0 Å². The molecule has 0 fully saturated rings. The third kappa shape index (κ3) is 3.63. The maximum atomic E-state index is 11.5. The third-order valence-corrected chi connectivity index (χ3v) is 2.31. The van der Waals surface area contributed by atoms with E-state index in [0.717, 1.165) is 11.3 Å². The van der Waals surface area contributed by atoms with Crippen molar-refractivity contribution in [3.8, 4) is 6.07 Å². The van der Waals surface area contributed by atoms with E-state index in [4.69, 9.17) is 10.00 Å². The molecule has 0 amide bonds. The first kappa shape index (κ1) is 13.8. The molecule has 0 spiro atoms. The molecule has 0 atom stereocenters. The van der Waals surface area contributed by atoms with Crippen molar-refractivity contribution in [3.63, 3.8) is 0 Å². The predicted octanol–water partition coefficient (Wildman–Crippen LogP) is 2.22. The Hall–Kier alpha value is -2.28. The first-order valence-electron chi connectivity index (χ1n) is 5.64. The summed E-state index contributed by atoms with van der Waals surface area (Å²) in [7, 11) is 3.86. The lowest BCUT2D eigenvalue weighted by molar-refractivity contribution is -0.137. The van der Waals surface area contributed by atoms with Crippen LogP contribution in [0.15, 0.2) is 29.8 Å². The number of hydrogen-bond acceptors (Lipinski definition) is 4. The highest BCUT2D eigenvalue weighted by Crippen LogP contribution is 2.16. The first-order chi connectivity index (χ1) is 8.58. The van der Waals surface area contributed by atoms with Crippen LogP contribution >= 0.6 is 0 Å². The van der Waals surface area contributed by atoms with Gasteiger partial charge in [0.1, 0.15) is 11.6 Å². The van der Waals surface area contributed by atoms with Crippen LogP contribution in [0.1, 0.15) is 12.5 Å². The molecular weight excluding hydrogens is 228 g/mol.